The molecule has 1 fully saturated rings. The number of benzene rings is 1. The number of halogens is 1. The normalized spacial score (nSPS) is 29.4. The van der Waals surface area contributed by atoms with Crippen molar-refractivity contribution in [2.24, 2.45) is 5.92 Å². The van der Waals surface area contributed by atoms with Gasteiger partial charge in [-0.05, 0) is 55.3 Å². The molecule has 0 aromatic heterocycles. The van der Waals surface area contributed by atoms with Crippen LogP contribution in [-0.2, 0) is 12.8 Å². The molecular weight excluding hydrogens is 206 g/mol. The molecule has 0 spiro atoms. The van der Waals surface area contributed by atoms with Crippen molar-refractivity contribution in [1.29, 1.82) is 0 Å². The van der Waals surface area contributed by atoms with Gasteiger partial charge in [0, 0.05) is 11.1 Å². The Bertz CT molecular complexity index is 369. The molecule has 0 radical (unpaired) electrons. The lowest BCUT2D eigenvalue weighted by Crippen LogP contribution is -2.30. The minimum Gasteiger partial charge on any atom is -0.314 e. The van der Waals surface area contributed by atoms with Gasteiger partial charge in [0.25, 0.3) is 0 Å². The zero-order valence-electron chi connectivity index (χ0n) is 8.80. The van der Waals surface area contributed by atoms with E-state index in [-0.39, 0.29) is 0 Å². The first kappa shape index (κ1) is 9.68. The molecule has 1 aromatic carbocycles. The van der Waals surface area contributed by atoms with Crippen molar-refractivity contribution in [3.05, 3.63) is 34.3 Å². The van der Waals surface area contributed by atoms with E-state index in [0.717, 1.165) is 17.0 Å². The van der Waals surface area contributed by atoms with Crippen LogP contribution in [0.25, 0.3) is 0 Å². The average molecular weight is 222 g/mol. The second-order valence-corrected chi connectivity index (χ2v) is 5.16. The summed E-state index contributed by atoms with van der Waals surface area (Å²) in [6.45, 7) is 1.20. The molecule has 2 aliphatic rings. The van der Waals surface area contributed by atoms with Gasteiger partial charge in [-0.15, -0.1) is 0 Å². The maximum atomic E-state index is 6.22. The molecule has 1 saturated heterocycles. The van der Waals surface area contributed by atoms with Crippen molar-refractivity contribution in [3.63, 3.8) is 0 Å². The van der Waals surface area contributed by atoms with E-state index in [1.807, 2.05) is 6.07 Å². The number of hydrogen-bond acceptors (Lipinski definition) is 1. The van der Waals surface area contributed by atoms with E-state index in [1.54, 1.807) is 0 Å². The Kier molecular flexibility index (Phi) is 2.45. The fourth-order valence-corrected chi connectivity index (χ4v) is 3.31. The van der Waals surface area contributed by atoms with Gasteiger partial charge in [-0.1, -0.05) is 23.7 Å². The molecule has 0 bridgehead atoms. The van der Waals surface area contributed by atoms with Gasteiger partial charge < -0.3 is 5.32 Å². The Morgan fingerprint density at radius 2 is 2.20 bits per heavy atom. The minimum atomic E-state index is 0.730. The molecule has 0 amide bonds. The first-order chi connectivity index (χ1) is 7.34. The van der Waals surface area contributed by atoms with Gasteiger partial charge in [0.15, 0.2) is 0 Å². The molecule has 3 rings (SSSR count). The van der Waals surface area contributed by atoms with Gasteiger partial charge in [0.1, 0.15) is 0 Å². The fraction of sp³-hybridized carbons (Fsp3) is 0.538. The van der Waals surface area contributed by atoms with Crippen LogP contribution in [0.1, 0.15) is 24.0 Å². The third-order valence-electron chi connectivity index (χ3n) is 3.83. The Morgan fingerprint density at radius 3 is 2.93 bits per heavy atom. The molecule has 1 nitrogen and oxygen atoms in total. The zero-order chi connectivity index (χ0) is 10.3. The van der Waals surface area contributed by atoms with E-state index in [9.17, 15) is 0 Å². The van der Waals surface area contributed by atoms with Gasteiger partial charge in [0.05, 0.1) is 0 Å². The monoisotopic (exact) mass is 221 g/mol. The molecule has 2 unspecified atom stereocenters. The quantitative estimate of drug-likeness (QED) is 0.769. The summed E-state index contributed by atoms with van der Waals surface area (Å²) < 4.78 is 0. The topological polar surface area (TPSA) is 12.0 Å². The second-order valence-electron chi connectivity index (χ2n) is 4.75. The van der Waals surface area contributed by atoms with Gasteiger partial charge in [-0.3, -0.25) is 0 Å². The summed E-state index contributed by atoms with van der Waals surface area (Å²) in [5, 5.41) is 4.58. The molecule has 1 N–H and O–H groups in total. The number of hydrogen-bond donors (Lipinski definition) is 1. The summed E-state index contributed by atoms with van der Waals surface area (Å²) in [6, 6.07) is 7.06. The van der Waals surface area contributed by atoms with Crippen LogP contribution in [0, 0.1) is 5.92 Å². The Balaban J connectivity index is 1.82. The third kappa shape index (κ3) is 1.68. The van der Waals surface area contributed by atoms with Gasteiger partial charge in [-0.2, -0.15) is 0 Å². The summed E-state index contributed by atoms with van der Waals surface area (Å²) in [7, 11) is 0. The summed E-state index contributed by atoms with van der Waals surface area (Å²) >= 11 is 6.22. The van der Waals surface area contributed by atoms with Crippen molar-refractivity contribution >= 4 is 11.6 Å². The molecule has 0 saturated carbocycles. The van der Waals surface area contributed by atoms with Crippen LogP contribution >= 0.6 is 11.6 Å². The maximum Gasteiger partial charge on any atom is 0.0440 e. The number of nitrogens with one attached hydrogen (secondary N) is 1. The highest BCUT2D eigenvalue weighted by atomic mass is 35.5. The summed E-state index contributed by atoms with van der Waals surface area (Å²) in [5.41, 5.74) is 2.87. The Hall–Kier alpha value is -0.530. The van der Waals surface area contributed by atoms with E-state index in [1.165, 1.54) is 43.4 Å². The van der Waals surface area contributed by atoms with Crippen molar-refractivity contribution in [2.75, 3.05) is 6.54 Å². The number of fused-ring (bicyclic) bond motifs is 1. The van der Waals surface area contributed by atoms with Crippen molar-refractivity contribution in [1.82, 2.24) is 5.32 Å². The Morgan fingerprint density at radius 1 is 1.27 bits per heavy atom. The lowest BCUT2D eigenvalue weighted by molar-refractivity contribution is 0.406. The average Bonchev–Trinajstić information content (AvgIpc) is 2.86. The largest absolute Gasteiger partial charge is 0.314 e. The molecule has 2 atom stereocenters. The molecule has 80 valence electrons. The van der Waals surface area contributed by atoms with Crippen molar-refractivity contribution < 1.29 is 0 Å². The van der Waals surface area contributed by atoms with E-state index in [0.29, 0.717) is 0 Å². The Labute approximate surface area is 95.8 Å². The van der Waals surface area contributed by atoms with Crippen LogP contribution in [0.2, 0.25) is 5.02 Å². The van der Waals surface area contributed by atoms with E-state index in [2.05, 4.69) is 17.4 Å². The molecule has 1 aliphatic heterocycles. The van der Waals surface area contributed by atoms with Crippen molar-refractivity contribution in [2.45, 2.75) is 31.7 Å². The lowest BCUT2D eigenvalue weighted by Gasteiger charge is -2.17. The van der Waals surface area contributed by atoms with Gasteiger partial charge >= 0.3 is 0 Å². The maximum absolute atomic E-state index is 6.22. The van der Waals surface area contributed by atoms with Gasteiger partial charge in [0.2, 0.25) is 0 Å². The summed E-state index contributed by atoms with van der Waals surface area (Å²) in [4.78, 5) is 0. The molecular formula is C13H16ClN. The highest BCUT2D eigenvalue weighted by molar-refractivity contribution is 6.31. The van der Waals surface area contributed by atoms with Crippen LogP contribution in [0.15, 0.2) is 18.2 Å². The highest BCUT2D eigenvalue weighted by Crippen LogP contribution is 2.35. The van der Waals surface area contributed by atoms with Crippen LogP contribution in [0.4, 0.5) is 0 Å². The minimum absolute atomic E-state index is 0.730. The van der Waals surface area contributed by atoms with Crippen molar-refractivity contribution in [3.8, 4) is 0 Å². The smallest absolute Gasteiger partial charge is 0.0440 e. The first-order valence-electron chi connectivity index (χ1n) is 5.84. The third-order valence-corrected chi connectivity index (χ3v) is 4.19. The molecule has 1 aliphatic carbocycles. The predicted molar refractivity (Wildman–Crippen MR) is 63.4 cm³/mol. The highest BCUT2D eigenvalue weighted by Gasteiger charge is 2.31. The predicted octanol–water partition coefficient (Wildman–Crippen LogP) is 2.81. The van der Waals surface area contributed by atoms with Crippen LogP contribution < -0.4 is 5.32 Å². The van der Waals surface area contributed by atoms with Crippen LogP contribution in [0.3, 0.4) is 0 Å². The SMILES string of the molecule is Clc1cccc2c1CC(C1CCCN1)C2. The molecule has 15 heavy (non-hydrogen) atoms. The molecule has 1 aromatic rings. The fourth-order valence-electron chi connectivity index (χ4n) is 3.04. The first-order valence-corrected chi connectivity index (χ1v) is 6.22. The summed E-state index contributed by atoms with van der Waals surface area (Å²) in [6.07, 6.45) is 5.07. The van der Waals surface area contributed by atoms with E-state index < -0.39 is 0 Å². The van der Waals surface area contributed by atoms with Crippen LogP contribution in [0.5, 0.6) is 0 Å². The van der Waals surface area contributed by atoms with Crippen LogP contribution in [-0.4, -0.2) is 12.6 Å². The zero-order valence-corrected chi connectivity index (χ0v) is 9.56. The number of rotatable bonds is 1. The van der Waals surface area contributed by atoms with Gasteiger partial charge in [-0.25, -0.2) is 0 Å². The lowest BCUT2D eigenvalue weighted by atomic mass is 9.95. The molecule has 2 heteroatoms. The summed E-state index contributed by atoms with van der Waals surface area (Å²) in [5.74, 6) is 0.780. The second kappa shape index (κ2) is 3.80. The standard InChI is InChI=1S/C13H16ClN/c14-12-4-1-3-9-7-10(8-11(9)12)13-5-2-6-15-13/h1,3-4,10,13,15H,2,5-8H2. The van der Waals surface area contributed by atoms with E-state index in [4.69, 9.17) is 11.6 Å². The van der Waals surface area contributed by atoms with E-state index >= 15 is 0 Å². The molecule has 1 heterocycles.